The van der Waals surface area contributed by atoms with E-state index in [4.69, 9.17) is 4.74 Å². The molecule has 1 aliphatic carbocycles. The predicted octanol–water partition coefficient (Wildman–Crippen LogP) is 2.74. The van der Waals surface area contributed by atoms with Crippen molar-refractivity contribution in [2.24, 2.45) is 11.3 Å². The third-order valence-corrected chi connectivity index (χ3v) is 4.67. The molecule has 1 heterocycles. The number of rotatable bonds is 1. The number of aliphatic hydroxyl groups is 1. The summed E-state index contributed by atoms with van der Waals surface area (Å²) in [6.45, 7) is 6.79. The van der Waals surface area contributed by atoms with Crippen molar-refractivity contribution in [3.8, 4) is 0 Å². The summed E-state index contributed by atoms with van der Waals surface area (Å²) in [5.74, 6) is 0.0401. The maximum Gasteiger partial charge on any atom is 0.410 e. The second kappa shape index (κ2) is 5.51. The van der Waals surface area contributed by atoms with Gasteiger partial charge in [0.1, 0.15) is 11.8 Å². The van der Waals surface area contributed by atoms with Crippen LogP contribution >= 0.6 is 0 Å². The van der Waals surface area contributed by atoms with Gasteiger partial charge in [0.2, 0.25) is 0 Å². The fourth-order valence-corrected chi connectivity index (χ4v) is 3.59. The first-order valence-corrected chi connectivity index (χ1v) is 7.49. The molecule has 0 aromatic rings. The molecule has 1 N–H and O–H groups in total. The van der Waals surface area contributed by atoms with Gasteiger partial charge in [-0.15, -0.1) is 0 Å². The molecule has 2 rings (SSSR count). The van der Waals surface area contributed by atoms with Crippen molar-refractivity contribution in [2.45, 2.75) is 58.2 Å². The smallest absolute Gasteiger partial charge is 0.410 e. The van der Waals surface area contributed by atoms with Gasteiger partial charge < -0.3 is 14.7 Å². The van der Waals surface area contributed by atoms with Crippen LogP contribution in [-0.2, 0) is 4.74 Å². The highest BCUT2D eigenvalue weighted by Crippen LogP contribution is 2.51. The monoisotopic (exact) mass is 287 g/mol. The Labute approximate surface area is 120 Å². The summed E-state index contributed by atoms with van der Waals surface area (Å²) >= 11 is 0. The van der Waals surface area contributed by atoms with Gasteiger partial charge in [-0.25, -0.2) is 9.18 Å². The molecule has 0 bridgehead atoms. The average molecular weight is 287 g/mol. The van der Waals surface area contributed by atoms with Crippen LogP contribution in [0.15, 0.2) is 0 Å². The molecule has 2 unspecified atom stereocenters. The van der Waals surface area contributed by atoms with Crippen LogP contribution in [0.2, 0.25) is 0 Å². The Balaban J connectivity index is 1.93. The van der Waals surface area contributed by atoms with Crippen molar-refractivity contribution in [2.75, 3.05) is 19.7 Å². The van der Waals surface area contributed by atoms with Gasteiger partial charge in [-0.3, -0.25) is 0 Å². The molecule has 2 aliphatic rings. The van der Waals surface area contributed by atoms with Crippen LogP contribution in [0, 0.1) is 11.3 Å². The maximum absolute atomic E-state index is 13.7. The molecule has 1 saturated heterocycles. The highest BCUT2D eigenvalue weighted by molar-refractivity contribution is 5.68. The number of piperidine rings is 1. The van der Waals surface area contributed by atoms with E-state index in [9.17, 15) is 14.3 Å². The largest absolute Gasteiger partial charge is 0.444 e. The Kier molecular flexibility index (Phi) is 4.28. The zero-order valence-electron chi connectivity index (χ0n) is 12.7. The number of nitrogens with zero attached hydrogens (tertiary/aromatic N) is 1. The quantitative estimate of drug-likeness (QED) is 0.806. The Morgan fingerprint density at radius 3 is 2.50 bits per heavy atom. The van der Waals surface area contributed by atoms with Crippen LogP contribution in [0.25, 0.3) is 0 Å². The van der Waals surface area contributed by atoms with Crippen LogP contribution in [0.5, 0.6) is 0 Å². The number of carbonyl (C=O) groups is 1. The summed E-state index contributed by atoms with van der Waals surface area (Å²) in [7, 11) is 0. The molecule has 20 heavy (non-hydrogen) atoms. The van der Waals surface area contributed by atoms with Gasteiger partial charge in [0.25, 0.3) is 0 Å². The summed E-state index contributed by atoms with van der Waals surface area (Å²) < 4.78 is 19.0. The molecule has 4 nitrogen and oxygen atoms in total. The number of amides is 1. The molecule has 116 valence electrons. The van der Waals surface area contributed by atoms with Gasteiger partial charge in [-0.2, -0.15) is 0 Å². The fourth-order valence-electron chi connectivity index (χ4n) is 3.59. The predicted molar refractivity (Wildman–Crippen MR) is 74.2 cm³/mol. The lowest BCUT2D eigenvalue weighted by atomic mass is 9.71. The number of ether oxygens (including phenoxy) is 1. The van der Waals surface area contributed by atoms with Gasteiger partial charge >= 0.3 is 6.09 Å². The first kappa shape index (κ1) is 15.5. The lowest BCUT2D eigenvalue weighted by Crippen LogP contribution is -2.46. The summed E-state index contributed by atoms with van der Waals surface area (Å²) in [6, 6.07) is 0. The van der Waals surface area contributed by atoms with Crippen molar-refractivity contribution in [3.05, 3.63) is 0 Å². The average Bonchev–Trinajstić information content (AvgIpc) is 2.64. The molecule has 2 atom stereocenters. The molecule has 0 aromatic heterocycles. The fraction of sp³-hybridized carbons (Fsp3) is 0.933. The normalized spacial score (nSPS) is 29.8. The third-order valence-electron chi connectivity index (χ3n) is 4.67. The molecule has 1 aliphatic heterocycles. The Morgan fingerprint density at radius 2 is 2.00 bits per heavy atom. The molecular weight excluding hydrogens is 261 g/mol. The third kappa shape index (κ3) is 3.25. The molecule has 1 saturated carbocycles. The van der Waals surface area contributed by atoms with Gasteiger partial charge in [0, 0.05) is 19.7 Å². The minimum absolute atomic E-state index is 0.0401. The van der Waals surface area contributed by atoms with E-state index in [-0.39, 0.29) is 24.0 Å². The van der Waals surface area contributed by atoms with E-state index in [0.717, 1.165) is 12.8 Å². The standard InChI is InChI=1S/C15H26FNO3/c1-14(2,3)20-13(19)17-6-4-15(5-7-17)9-12(16)8-11(15)10-18/h11-12,18H,4-10H2,1-3H3. The van der Waals surface area contributed by atoms with Crippen molar-refractivity contribution in [1.29, 1.82) is 0 Å². The number of hydrogen-bond acceptors (Lipinski definition) is 3. The van der Waals surface area contributed by atoms with E-state index in [1.807, 2.05) is 20.8 Å². The van der Waals surface area contributed by atoms with E-state index >= 15 is 0 Å². The summed E-state index contributed by atoms with van der Waals surface area (Å²) in [4.78, 5) is 13.7. The minimum Gasteiger partial charge on any atom is -0.444 e. The number of halogens is 1. The molecular formula is C15H26FNO3. The van der Waals surface area contributed by atoms with Gasteiger partial charge in [0.15, 0.2) is 0 Å². The Bertz CT molecular complexity index is 359. The number of carbonyl (C=O) groups excluding carboxylic acids is 1. The zero-order valence-corrected chi connectivity index (χ0v) is 12.7. The first-order valence-electron chi connectivity index (χ1n) is 7.49. The van der Waals surface area contributed by atoms with E-state index in [1.54, 1.807) is 4.90 Å². The molecule has 0 aromatic carbocycles. The Hall–Kier alpha value is -0.840. The second-order valence-corrected chi connectivity index (χ2v) is 7.25. The minimum atomic E-state index is -0.805. The highest BCUT2D eigenvalue weighted by Gasteiger charge is 2.49. The summed E-state index contributed by atoms with van der Waals surface area (Å²) in [6.07, 6.45) is 1.42. The van der Waals surface area contributed by atoms with Crippen molar-refractivity contribution < 1.29 is 19.0 Å². The molecule has 1 amide bonds. The number of aliphatic hydroxyl groups excluding tert-OH is 1. The Morgan fingerprint density at radius 1 is 1.40 bits per heavy atom. The maximum atomic E-state index is 13.7. The van der Waals surface area contributed by atoms with Gasteiger partial charge in [-0.05, 0) is 57.8 Å². The zero-order chi connectivity index (χ0) is 15.0. The van der Waals surface area contributed by atoms with Crippen LogP contribution in [0.4, 0.5) is 9.18 Å². The van der Waals surface area contributed by atoms with Crippen LogP contribution < -0.4 is 0 Å². The van der Waals surface area contributed by atoms with Gasteiger partial charge in [0.05, 0.1) is 0 Å². The van der Waals surface area contributed by atoms with Crippen LogP contribution in [-0.4, -0.2) is 47.6 Å². The van der Waals surface area contributed by atoms with Crippen molar-refractivity contribution >= 4 is 6.09 Å². The first-order chi connectivity index (χ1) is 9.26. The van der Waals surface area contributed by atoms with Crippen LogP contribution in [0.3, 0.4) is 0 Å². The molecule has 0 radical (unpaired) electrons. The lowest BCUT2D eigenvalue weighted by Gasteiger charge is -2.42. The number of likely N-dealkylation sites (tertiary alicyclic amines) is 1. The number of hydrogen-bond donors (Lipinski definition) is 1. The highest BCUT2D eigenvalue weighted by atomic mass is 19.1. The second-order valence-electron chi connectivity index (χ2n) is 7.25. The van der Waals surface area contributed by atoms with Gasteiger partial charge in [-0.1, -0.05) is 0 Å². The molecule has 5 heteroatoms. The topological polar surface area (TPSA) is 49.8 Å². The van der Waals surface area contributed by atoms with E-state index in [2.05, 4.69) is 0 Å². The summed E-state index contributed by atoms with van der Waals surface area (Å²) in [5.41, 5.74) is -0.607. The number of alkyl halides is 1. The van der Waals surface area contributed by atoms with Crippen molar-refractivity contribution in [3.63, 3.8) is 0 Å². The molecule has 1 spiro atoms. The van der Waals surface area contributed by atoms with Crippen molar-refractivity contribution in [1.82, 2.24) is 4.90 Å². The van der Waals surface area contributed by atoms with E-state index in [1.165, 1.54) is 0 Å². The lowest BCUT2D eigenvalue weighted by molar-refractivity contribution is -0.00159. The van der Waals surface area contributed by atoms with Crippen LogP contribution in [0.1, 0.15) is 46.5 Å². The SMILES string of the molecule is CC(C)(C)OC(=O)N1CCC2(CC1)CC(F)CC2CO. The summed E-state index contributed by atoms with van der Waals surface area (Å²) in [5, 5.41) is 9.46. The molecule has 2 fully saturated rings. The van der Waals surface area contributed by atoms with E-state index < -0.39 is 11.8 Å². The van der Waals surface area contributed by atoms with E-state index in [0.29, 0.717) is 25.9 Å².